The monoisotopic (exact) mass is 376 g/mol. The van der Waals surface area contributed by atoms with E-state index in [2.05, 4.69) is 14.4 Å². The third-order valence-corrected chi connectivity index (χ3v) is 7.63. The number of rotatable bonds is 2. The van der Waals surface area contributed by atoms with Gasteiger partial charge in [0.2, 0.25) is 10.0 Å². The largest absolute Gasteiger partial charge is 0.348 e. The Kier molecular flexibility index (Phi) is 4.40. The summed E-state index contributed by atoms with van der Waals surface area (Å²) in [6.07, 6.45) is 0. The van der Waals surface area contributed by atoms with E-state index in [1.54, 1.807) is 0 Å². The van der Waals surface area contributed by atoms with Crippen molar-refractivity contribution in [3.8, 4) is 0 Å². The molecule has 11 heteroatoms. The second kappa shape index (κ2) is 6.06. The normalized spacial score (nSPS) is 20.7. The first-order valence-electron chi connectivity index (χ1n) is 6.89. The number of amidine groups is 1. The minimum Gasteiger partial charge on any atom is -0.348 e. The minimum absolute atomic E-state index is 0.0716. The van der Waals surface area contributed by atoms with Gasteiger partial charge in [0.25, 0.3) is 10.0 Å². The van der Waals surface area contributed by atoms with Crippen molar-refractivity contribution in [2.75, 3.05) is 33.2 Å². The van der Waals surface area contributed by atoms with E-state index in [0.29, 0.717) is 23.2 Å². The molecule has 0 unspecified atom stereocenters. The quantitative estimate of drug-likeness (QED) is 0.726. The maximum atomic E-state index is 12.4. The van der Waals surface area contributed by atoms with Crippen LogP contribution in [0.2, 0.25) is 0 Å². The van der Waals surface area contributed by atoms with Crippen LogP contribution in [0.5, 0.6) is 0 Å². The average molecular weight is 376 g/mol. The Morgan fingerprint density at radius 3 is 2.65 bits per heavy atom. The fraction of sp³-hybridized carbons (Fsp3) is 0.417. The summed E-state index contributed by atoms with van der Waals surface area (Å²) < 4.78 is 54.6. The van der Waals surface area contributed by atoms with Crippen molar-refractivity contribution in [3.05, 3.63) is 18.2 Å². The number of nitrogens with one attached hydrogen (secondary N) is 2. The molecule has 3 rings (SSSR count). The molecule has 0 radical (unpaired) electrons. The van der Waals surface area contributed by atoms with Gasteiger partial charge in [0.15, 0.2) is 5.17 Å². The van der Waals surface area contributed by atoms with E-state index in [0.717, 1.165) is 19.2 Å². The van der Waals surface area contributed by atoms with Crippen molar-refractivity contribution in [1.82, 2.24) is 14.9 Å². The summed E-state index contributed by atoms with van der Waals surface area (Å²) in [5, 5.41) is 3.63. The Balaban J connectivity index is 2.02. The smallest absolute Gasteiger partial charge is 0.285 e. The summed E-state index contributed by atoms with van der Waals surface area (Å²) in [5.74, 6) is 0. The number of thioether (sulfide) groups is 1. The van der Waals surface area contributed by atoms with E-state index >= 15 is 0 Å². The average Bonchev–Trinajstić information content (AvgIpc) is 2.54. The zero-order valence-corrected chi connectivity index (χ0v) is 14.8. The molecule has 0 spiro atoms. The number of piperazine rings is 1. The Morgan fingerprint density at radius 1 is 1.30 bits per heavy atom. The zero-order valence-electron chi connectivity index (χ0n) is 12.3. The van der Waals surface area contributed by atoms with Gasteiger partial charge in [-0.3, -0.25) is 0 Å². The maximum Gasteiger partial charge on any atom is 0.285 e. The van der Waals surface area contributed by atoms with Crippen LogP contribution in [0.25, 0.3) is 0 Å². The van der Waals surface area contributed by atoms with E-state index in [9.17, 15) is 16.8 Å². The third-order valence-electron chi connectivity index (χ3n) is 3.56. The summed E-state index contributed by atoms with van der Waals surface area (Å²) in [5.41, 5.74) is 0. The molecular weight excluding hydrogens is 360 g/mol. The van der Waals surface area contributed by atoms with Crippen molar-refractivity contribution in [1.29, 1.82) is 0 Å². The highest BCUT2D eigenvalue weighted by atomic mass is 32.2. The van der Waals surface area contributed by atoms with Gasteiger partial charge >= 0.3 is 0 Å². The Morgan fingerprint density at radius 2 is 2.00 bits per heavy atom. The summed E-state index contributed by atoms with van der Waals surface area (Å²) in [4.78, 5) is 2.24. The number of benzene rings is 1. The van der Waals surface area contributed by atoms with E-state index in [-0.39, 0.29) is 9.79 Å². The lowest BCUT2D eigenvalue weighted by Gasteiger charge is -2.31. The Hall–Kier alpha value is -1.14. The third kappa shape index (κ3) is 3.24. The molecule has 1 aromatic carbocycles. The van der Waals surface area contributed by atoms with Crippen molar-refractivity contribution in [3.63, 3.8) is 0 Å². The summed E-state index contributed by atoms with van der Waals surface area (Å²) in [7, 11) is -6.35. The van der Waals surface area contributed by atoms with E-state index < -0.39 is 20.0 Å². The van der Waals surface area contributed by atoms with Gasteiger partial charge in [-0.1, -0.05) is 0 Å². The first kappa shape index (κ1) is 16.7. The summed E-state index contributed by atoms with van der Waals surface area (Å²) >= 11 is 1.25. The molecular formula is C12H16N4O4S3. The molecule has 2 N–H and O–H groups in total. The molecule has 0 saturated carbocycles. The maximum absolute atomic E-state index is 12.4. The van der Waals surface area contributed by atoms with Crippen LogP contribution in [-0.4, -0.2) is 60.1 Å². The van der Waals surface area contributed by atoms with Crippen LogP contribution in [0.15, 0.2) is 37.3 Å². The van der Waals surface area contributed by atoms with Crippen LogP contribution >= 0.6 is 11.8 Å². The zero-order chi connectivity index (χ0) is 16.7. The fourth-order valence-corrected chi connectivity index (χ4v) is 5.84. The first-order valence-corrected chi connectivity index (χ1v) is 10.6. The topological polar surface area (TPSA) is 108 Å². The van der Waals surface area contributed by atoms with Crippen molar-refractivity contribution in [2.24, 2.45) is 4.40 Å². The molecule has 8 nitrogen and oxygen atoms in total. The summed E-state index contributed by atoms with van der Waals surface area (Å²) in [6.45, 7) is 2.91. The molecule has 2 aliphatic heterocycles. The number of nitrogens with zero attached hydrogens (tertiary/aromatic N) is 2. The lowest BCUT2D eigenvalue weighted by Crippen LogP contribution is -2.46. The van der Waals surface area contributed by atoms with Crippen LogP contribution in [0.1, 0.15) is 0 Å². The standard InChI is InChI=1S/C12H16N4O4S3/c1-13-22(17,18)9-2-3-10-11(8-9)23(19,20)15-12(21-10)16-6-4-14-5-7-16/h2-3,8,13-14H,4-7H2,1H3. The van der Waals surface area contributed by atoms with Gasteiger partial charge in [-0.05, 0) is 37.0 Å². The summed E-state index contributed by atoms with van der Waals surface area (Å²) in [6, 6.07) is 4.06. The molecule has 23 heavy (non-hydrogen) atoms. The van der Waals surface area contributed by atoms with Crippen LogP contribution in [0, 0.1) is 0 Å². The second-order valence-corrected chi connectivity index (χ2v) is 9.47. The highest BCUT2D eigenvalue weighted by Crippen LogP contribution is 2.36. The lowest BCUT2D eigenvalue weighted by molar-refractivity contribution is 0.363. The van der Waals surface area contributed by atoms with Gasteiger partial charge in [0.1, 0.15) is 4.90 Å². The number of hydrogen-bond donors (Lipinski definition) is 2. The molecule has 0 amide bonds. The van der Waals surface area contributed by atoms with Gasteiger partial charge < -0.3 is 10.2 Å². The van der Waals surface area contributed by atoms with Gasteiger partial charge in [0.05, 0.1) is 4.90 Å². The fourth-order valence-electron chi connectivity index (χ4n) is 2.31. The van der Waals surface area contributed by atoms with Gasteiger partial charge in [0, 0.05) is 31.1 Å². The predicted molar refractivity (Wildman–Crippen MR) is 87.6 cm³/mol. The van der Waals surface area contributed by atoms with Crippen LogP contribution in [0.4, 0.5) is 0 Å². The molecule has 2 aliphatic rings. The van der Waals surface area contributed by atoms with E-state index in [4.69, 9.17) is 0 Å². The molecule has 0 bridgehead atoms. The number of sulfonamides is 2. The molecule has 1 saturated heterocycles. The Bertz CT molecular complexity index is 858. The van der Waals surface area contributed by atoms with Gasteiger partial charge in [-0.2, -0.15) is 8.42 Å². The highest BCUT2D eigenvalue weighted by Gasteiger charge is 2.30. The van der Waals surface area contributed by atoms with Crippen LogP contribution in [0.3, 0.4) is 0 Å². The second-order valence-electron chi connectivity index (χ2n) is 5.00. The molecule has 126 valence electrons. The molecule has 0 aromatic heterocycles. The first-order chi connectivity index (χ1) is 10.8. The Labute approximate surface area is 139 Å². The van der Waals surface area contributed by atoms with Crippen molar-refractivity contribution in [2.45, 2.75) is 14.7 Å². The van der Waals surface area contributed by atoms with Gasteiger partial charge in [-0.25, -0.2) is 13.1 Å². The molecule has 0 atom stereocenters. The highest BCUT2D eigenvalue weighted by molar-refractivity contribution is 8.15. The lowest BCUT2D eigenvalue weighted by atomic mass is 10.4. The molecule has 0 aliphatic carbocycles. The van der Waals surface area contributed by atoms with Crippen molar-refractivity contribution >= 4 is 37.0 Å². The molecule has 1 aromatic rings. The molecule has 1 fully saturated rings. The SMILES string of the molecule is CNS(=O)(=O)c1ccc2c(c1)S(=O)(=O)N=C(N1CCNCC1)S2. The van der Waals surface area contributed by atoms with Gasteiger partial charge in [-0.15, -0.1) is 4.40 Å². The number of fused-ring (bicyclic) bond motifs is 1. The van der Waals surface area contributed by atoms with Crippen molar-refractivity contribution < 1.29 is 16.8 Å². The minimum atomic E-state index is -3.92. The van der Waals surface area contributed by atoms with Crippen LogP contribution in [-0.2, 0) is 20.0 Å². The van der Waals surface area contributed by atoms with E-state index in [1.165, 1.54) is 30.9 Å². The predicted octanol–water partition coefficient (Wildman–Crippen LogP) is -0.350. The molecule has 2 heterocycles. The van der Waals surface area contributed by atoms with E-state index in [1.807, 2.05) is 4.90 Å². The van der Waals surface area contributed by atoms with Crippen LogP contribution < -0.4 is 10.0 Å². The number of hydrogen-bond acceptors (Lipinski definition) is 7.